The van der Waals surface area contributed by atoms with E-state index < -0.39 is 0 Å². The van der Waals surface area contributed by atoms with E-state index in [9.17, 15) is 4.79 Å². The standard InChI is InChI=1S/C25H29N3O3/c1-30-19-11-12-20-23(17-19)31-22-10-6-5-9-21(22)26-24(20)27-13-15-28(16-14-27)25(29)18-7-3-2-4-8-18/h5-6,9-12,17-18H,2-4,7-8,13-16H2,1H3. The maximum atomic E-state index is 13.0. The molecular formula is C25H29N3O3. The van der Waals surface area contributed by atoms with Crippen LogP contribution in [-0.4, -0.2) is 54.8 Å². The van der Waals surface area contributed by atoms with Crippen molar-refractivity contribution in [2.75, 3.05) is 33.3 Å². The van der Waals surface area contributed by atoms with E-state index >= 15 is 0 Å². The van der Waals surface area contributed by atoms with Crippen molar-refractivity contribution in [1.82, 2.24) is 9.80 Å². The number of carbonyl (C=O) groups is 1. The first-order chi connectivity index (χ1) is 15.2. The van der Waals surface area contributed by atoms with Gasteiger partial charge in [-0.15, -0.1) is 0 Å². The van der Waals surface area contributed by atoms with Crippen LogP contribution in [0.1, 0.15) is 37.7 Å². The van der Waals surface area contributed by atoms with Gasteiger partial charge in [0, 0.05) is 38.2 Å². The number of amides is 1. The van der Waals surface area contributed by atoms with Crippen molar-refractivity contribution in [2.24, 2.45) is 10.9 Å². The molecule has 2 aromatic rings. The lowest BCUT2D eigenvalue weighted by Gasteiger charge is -2.38. The van der Waals surface area contributed by atoms with E-state index in [0.29, 0.717) is 5.91 Å². The fourth-order valence-electron chi connectivity index (χ4n) is 4.81. The molecule has 6 nitrogen and oxygen atoms in total. The van der Waals surface area contributed by atoms with Gasteiger partial charge in [-0.1, -0.05) is 31.4 Å². The van der Waals surface area contributed by atoms with E-state index in [1.165, 1.54) is 19.3 Å². The van der Waals surface area contributed by atoms with Crippen molar-refractivity contribution in [3.05, 3.63) is 48.0 Å². The van der Waals surface area contributed by atoms with Crippen LogP contribution in [0.15, 0.2) is 47.5 Å². The first kappa shape index (κ1) is 19.9. The molecule has 6 heteroatoms. The Labute approximate surface area is 183 Å². The van der Waals surface area contributed by atoms with Gasteiger partial charge in [0.25, 0.3) is 0 Å². The second-order valence-electron chi connectivity index (χ2n) is 8.51. The fourth-order valence-corrected chi connectivity index (χ4v) is 4.81. The molecule has 2 aliphatic heterocycles. The van der Waals surface area contributed by atoms with Crippen LogP contribution in [0.2, 0.25) is 0 Å². The zero-order valence-corrected chi connectivity index (χ0v) is 18.0. The van der Waals surface area contributed by atoms with E-state index in [0.717, 1.165) is 73.4 Å². The maximum absolute atomic E-state index is 13.0. The summed E-state index contributed by atoms with van der Waals surface area (Å²) in [6, 6.07) is 13.7. The lowest BCUT2D eigenvalue weighted by Crippen LogP contribution is -2.52. The number of carbonyl (C=O) groups excluding carboxylic acids is 1. The third kappa shape index (κ3) is 3.99. The van der Waals surface area contributed by atoms with Crippen LogP contribution in [0.3, 0.4) is 0 Å². The summed E-state index contributed by atoms with van der Waals surface area (Å²) in [5.41, 5.74) is 1.76. The van der Waals surface area contributed by atoms with Gasteiger partial charge in [0.1, 0.15) is 23.0 Å². The van der Waals surface area contributed by atoms with Gasteiger partial charge in [-0.25, -0.2) is 4.99 Å². The quantitative estimate of drug-likeness (QED) is 0.714. The second-order valence-corrected chi connectivity index (χ2v) is 8.51. The molecule has 2 aromatic carbocycles. The summed E-state index contributed by atoms with van der Waals surface area (Å²) in [7, 11) is 1.66. The molecule has 31 heavy (non-hydrogen) atoms. The predicted octanol–water partition coefficient (Wildman–Crippen LogP) is 4.60. The molecule has 1 saturated carbocycles. The zero-order valence-electron chi connectivity index (χ0n) is 18.0. The third-order valence-corrected chi connectivity index (χ3v) is 6.59. The third-order valence-electron chi connectivity index (χ3n) is 6.59. The summed E-state index contributed by atoms with van der Waals surface area (Å²) in [5, 5.41) is 0. The summed E-state index contributed by atoms with van der Waals surface area (Å²) >= 11 is 0. The van der Waals surface area contributed by atoms with Crippen LogP contribution in [0.25, 0.3) is 0 Å². The highest BCUT2D eigenvalue weighted by Gasteiger charge is 2.31. The number of nitrogens with zero attached hydrogens (tertiary/aromatic N) is 3. The van der Waals surface area contributed by atoms with Gasteiger partial charge in [-0.05, 0) is 37.1 Å². The topological polar surface area (TPSA) is 54.4 Å². The molecule has 0 unspecified atom stereocenters. The average molecular weight is 420 g/mol. The summed E-state index contributed by atoms with van der Waals surface area (Å²) < 4.78 is 11.6. The molecule has 0 bridgehead atoms. The summed E-state index contributed by atoms with van der Waals surface area (Å²) in [6.07, 6.45) is 5.75. The van der Waals surface area contributed by atoms with Crippen molar-refractivity contribution in [3.8, 4) is 17.2 Å². The number of methoxy groups -OCH3 is 1. The maximum Gasteiger partial charge on any atom is 0.225 e. The highest BCUT2D eigenvalue weighted by atomic mass is 16.5. The Morgan fingerprint density at radius 2 is 1.77 bits per heavy atom. The van der Waals surface area contributed by atoms with E-state index in [1.807, 2.05) is 42.5 Å². The molecule has 1 saturated heterocycles. The van der Waals surface area contributed by atoms with Crippen LogP contribution in [0, 0.1) is 5.92 Å². The Hall–Kier alpha value is -3.02. The zero-order chi connectivity index (χ0) is 21.2. The highest BCUT2D eigenvalue weighted by molar-refractivity contribution is 6.04. The minimum atomic E-state index is 0.226. The molecule has 0 spiro atoms. The molecule has 1 aliphatic carbocycles. The van der Waals surface area contributed by atoms with Crippen LogP contribution in [0.5, 0.6) is 17.2 Å². The SMILES string of the molecule is COc1ccc2c(c1)Oc1ccccc1N=C2N1CCN(C(=O)C2CCCCC2)CC1. The molecule has 3 aliphatic rings. The molecule has 5 rings (SSSR count). The first-order valence-electron chi connectivity index (χ1n) is 11.3. The van der Waals surface area contributed by atoms with Gasteiger partial charge in [-0.3, -0.25) is 4.79 Å². The monoisotopic (exact) mass is 419 g/mol. The van der Waals surface area contributed by atoms with Gasteiger partial charge in [-0.2, -0.15) is 0 Å². The van der Waals surface area contributed by atoms with Crippen molar-refractivity contribution >= 4 is 17.4 Å². The highest BCUT2D eigenvalue weighted by Crippen LogP contribution is 2.39. The summed E-state index contributed by atoms with van der Waals surface area (Å²) in [4.78, 5) is 22.3. The molecular weight excluding hydrogens is 390 g/mol. The largest absolute Gasteiger partial charge is 0.497 e. The number of amidine groups is 1. The number of aliphatic imine (C=N–C) groups is 1. The van der Waals surface area contributed by atoms with E-state index in [1.54, 1.807) is 7.11 Å². The van der Waals surface area contributed by atoms with Gasteiger partial charge in [0.15, 0.2) is 5.75 Å². The van der Waals surface area contributed by atoms with Gasteiger partial charge in [0.2, 0.25) is 5.91 Å². The first-order valence-corrected chi connectivity index (χ1v) is 11.3. The van der Waals surface area contributed by atoms with Crippen molar-refractivity contribution < 1.29 is 14.3 Å². The molecule has 0 atom stereocenters. The Morgan fingerprint density at radius 1 is 1.00 bits per heavy atom. The van der Waals surface area contributed by atoms with Crippen LogP contribution in [-0.2, 0) is 4.79 Å². The number of rotatable bonds is 2. The Bertz CT molecular complexity index is 989. The lowest BCUT2D eigenvalue weighted by atomic mass is 9.88. The normalized spacial score (nSPS) is 18.9. The number of benzene rings is 2. The molecule has 0 N–H and O–H groups in total. The van der Waals surface area contributed by atoms with Crippen molar-refractivity contribution in [1.29, 1.82) is 0 Å². The minimum Gasteiger partial charge on any atom is -0.497 e. The van der Waals surface area contributed by atoms with E-state index in [4.69, 9.17) is 14.5 Å². The van der Waals surface area contributed by atoms with Crippen molar-refractivity contribution in [2.45, 2.75) is 32.1 Å². The summed E-state index contributed by atoms with van der Waals surface area (Å²) in [6.45, 7) is 3.01. The number of hydrogen-bond acceptors (Lipinski definition) is 5. The number of para-hydroxylation sites is 2. The summed E-state index contributed by atoms with van der Waals surface area (Å²) in [5.74, 6) is 3.69. The Morgan fingerprint density at radius 3 is 2.55 bits per heavy atom. The number of fused-ring (bicyclic) bond motifs is 2. The fraction of sp³-hybridized carbons (Fsp3) is 0.440. The van der Waals surface area contributed by atoms with Gasteiger partial charge in [0.05, 0.1) is 12.7 Å². The van der Waals surface area contributed by atoms with Crippen LogP contribution in [0.4, 0.5) is 5.69 Å². The molecule has 1 amide bonds. The molecule has 162 valence electrons. The Kier molecular flexibility index (Phi) is 5.53. The van der Waals surface area contributed by atoms with Gasteiger partial charge >= 0.3 is 0 Å². The molecule has 0 radical (unpaired) electrons. The van der Waals surface area contributed by atoms with Crippen LogP contribution < -0.4 is 9.47 Å². The molecule has 2 fully saturated rings. The smallest absolute Gasteiger partial charge is 0.225 e. The predicted molar refractivity (Wildman–Crippen MR) is 120 cm³/mol. The van der Waals surface area contributed by atoms with Crippen LogP contribution >= 0.6 is 0 Å². The molecule has 0 aromatic heterocycles. The van der Waals surface area contributed by atoms with E-state index in [2.05, 4.69) is 9.80 Å². The second kappa shape index (κ2) is 8.61. The number of ether oxygens (including phenoxy) is 2. The number of hydrogen-bond donors (Lipinski definition) is 0. The van der Waals surface area contributed by atoms with Crippen molar-refractivity contribution in [3.63, 3.8) is 0 Å². The lowest BCUT2D eigenvalue weighted by molar-refractivity contribution is -0.137. The molecule has 2 heterocycles. The average Bonchev–Trinajstić information content (AvgIpc) is 3.00. The Balaban J connectivity index is 1.39. The van der Waals surface area contributed by atoms with E-state index in [-0.39, 0.29) is 5.92 Å². The minimum absolute atomic E-state index is 0.226. The number of piperazine rings is 1. The van der Waals surface area contributed by atoms with Gasteiger partial charge < -0.3 is 19.3 Å².